The number of hydrogen-bond acceptors (Lipinski definition) is 3. The molecule has 0 spiro atoms. The second-order valence-electron chi connectivity index (χ2n) is 3.96. The Balaban J connectivity index is 2.14. The highest BCUT2D eigenvalue weighted by Gasteiger charge is 2.18. The first-order valence-corrected chi connectivity index (χ1v) is 6.91. The minimum atomic E-state index is 0.0882. The Kier molecular flexibility index (Phi) is 6.05. The maximum Gasteiger partial charge on any atom is 0.0955 e. The molecule has 0 aromatic rings. The van der Waals surface area contributed by atoms with Gasteiger partial charge < -0.3 is 0 Å². The van der Waals surface area contributed by atoms with Crippen molar-refractivity contribution in [3.8, 4) is 6.07 Å². The molecule has 1 saturated carbocycles. The van der Waals surface area contributed by atoms with Crippen LogP contribution in [0, 0.1) is 11.3 Å². The standard InChI is InChI=1S/C11H20N2S/c1-14-8-4-7-11(9-12)13-10-5-2-3-6-10/h10-11,13H,2-8H2,1H3. The fourth-order valence-electron chi connectivity index (χ4n) is 1.99. The van der Waals surface area contributed by atoms with Crippen molar-refractivity contribution in [3.63, 3.8) is 0 Å². The van der Waals surface area contributed by atoms with E-state index >= 15 is 0 Å². The molecule has 0 bridgehead atoms. The van der Waals surface area contributed by atoms with Crippen LogP contribution in [0.1, 0.15) is 38.5 Å². The quantitative estimate of drug-likeness (QED) is 0.687. The van der Waals surface area contributed by atoms with Crippen LogP contribution in [0.4, 0.5) is 0 Å². The molecule has 0 aliphatic heterocycles. The Morgan fingerprint density at radius 1 is 1.50 bits per heavy atom. The van der Waals surface area contributed by atoms with Crippen LogP contribution in [0.3, 0.4) is 0 Å². The zero-order chi connectivity index (χ0) is 10.2. The van der Waals surface area contributed by atoms with E-state index in [1.54, 1.807) is 0 Å². The van der Waals surface area contributed by atoms with Crippen LogP contribution >= 0.6 is 11.8 Å². The first-order valence-electron chi connectivity index (χ1n) is 5.51. The van der Waals surface area contributed by atoms with Gasteiger partial charge in [-0.25, -0.2) is 0 Å². The van der Waals surface area contributed by atoms with Crippen molar-refractivity contribution in [2.45, 2.75) is 50.6 Å². The van der Waals surface area contributed by atoms with Crippen LogP contribution in [0.2, 0.25) is 0 Å². The molecule has 1 rings (SSSR count). The van der Waals surface area contributed by atoms with E-state index in [2.05, 4.69) is 17.6 Å². The molecule has 0 aromatic heterocycles. The minimum absolute atomic E-state index is 0.0882. The van der Waals surface area contributed by atoms with Crippen molar-refractivity contribution in [1.82, 2.24) is 5.32 Å². The third-order valence-corrected chi connectivity index (χ3v) is 3.49. The summed E-state index contributed by atoms with van der Waals surface area (Å²) in [4.78, 5) is 0. The van der Waals surface area contributed by atoms with E-state index in [1.807, 2.05) is 11.8 Å². The van der Waals surface area contributed by atoms with Crippen LogP contribution in [0.15, 0.2) is 0 Å². The average Bonchev–Trinajstić information content (AvgIpc) is 2.69. The SMILES string of the molecule is CSCCCC(C#N)NC1CCCC1. The van der Waals surface area contributed by atoms with Gasteiger partial charge in [-0.2, -0.15) is 17.0 Å². The predicted molar refractivity (Wildman–Crippen MR) is 62.4 cm³/mol. The van der Waals surface area contributed by atoms with Gasteiger partial charge in [0.1, 0.15) is 0 Å². The number of nitriles is 1. The third kappa shape index (κ3) is 4.34. The average molecular weight is 212 g/mol. The Labute approximate surface area is 91.4 Å². The summed E-state index contributed by atoms with van der Waals surface area (Å²) in [6.07, 6.45) is 9.47. The molecule has 1 N–H and O–H groups in total. The zero-order valence-electron chi connectivity index (χ0n) is 8.96. The molecule has 0 aromatic carbocycles. The summed E-state index contributed by atoms with van der Waals surface area (Å²) in [5, 5.41) is 12.4. The summed E-state index contributed by atoms with van der Waals surface area (Å²) >= 11 is 1.86. The Bertz CT molecular complexity index is 182. The van der Waals surface area contributed by atoms with Gasteiger partial charge in [0.2, 0.25) is 0 Å². The summed E-state index contributed by atoms with van der Waals surface area (Å²) in [5.74, 6) is 1.17. The molecule has 1 fully saturated rings. The van der Waals surface area contributed by atoms with Crippen LogP contribution in [0.25, 0.3) is 0 Å². The maximum atomic E-state index is 8.97. The van der Waals surface area contributed by atoms with Gasteiger partial charge in [-0.05, 0) is 37.7 Å². The van der Waals surface area contributed by atoms with E-state index in [0.717, 1.165) is 12.8 Å². The molecular formula is C11H20N2S. The molecule has 1 unspecified atom stereocenters. The lowest BCUT2D eigenvalue weighted by molar-refractivity contribution is 0.462. The van der Waals surface area contributed by atoms with Crippen molar-refractivity contribution >= 4 is 11.8 Å². The van der Waals surface area contributed by atoms with Gasteiger partial charge in [0, 0.05) is 6.04 Å². The van der Waals surface area contributed by atoms with Gasteiger partial charge in [-0.3, -0.25) is 5.32 Å². The monoisotopic (exact) mass is 212 g/mol. The topological polar surface area (TPSA) is 35.8 Å². The largest absolute Gasteiger partial charge is 0.299 e. The highest BCUT2D eigenvalue weighted by molar-refractivity contribution is 7.98. The molecule has 14 heavy (non-hydrogen) atoms. The lowest BCUT2D eigenvalue weighted by Crippen LogP contribution is -2.35. The highest BCUT2D eigenvalue weighted by Crippen LogP contribution is 2.18. The molecule has 0 radical (unpaired) electrons. The van der Waals surface area contributed by atoms with Gasteiger partial charge in [0.15, 0.2) is 0 Å². The van der Waals surface area contributed by atoms with Crippen molar-refractivity contribution in [3.05, 3.63) is 0 Å². The summed E-state index contributed by atoms with van der Waals surface area (Å²) in [5.41, 5.74) is 0. The first kappa shape index (κ1) is 11.9. The molecule has 0 heterocycles. The summed E-state index contributed by atoms with van der Waals surface area (Å²) in [7, 11) is 0. The molecule has 80 valence electrons. The Morgan fingerprint density at radius 3 is 2.79 bits per heavy atom. The number of nitrogens with zero attached hydrogens (tertiary/aromatic N) is 1. The summed E-state index contributed by atoms with van der Waals surface area (Å²) in [6.45, 7) is 0. The van der Waals surface area contributed by atoms with Crippen LogP contribution in [-0.2, 0) is 0 Å². The van der Waals surface area contributed by atoms with Crippen molar-refractivity contribution in [1.29, 1.82) is 5.26 Å². The molecular weight excluding hydrogens is 192 g/mol. The van der Waals surface area contributed by atoms with E-state index in [0.29, 0.717) is 6.04 Å². The molecule has 1 atom stereocenters. The molecule has 1 aliphatic carbocycles. The second kappa shape index (κ2) is 7.14. The van der Waals surface area contributed by atoms with Gasteiger partial charge in [-0.1, -0.05) is 12.8 Å². The molecule has 2 nitrogen and oxygen atoms in total. The highest BCUT2D eigenvalue weighted by atomic mass is 32.2. The van der Waals surface area contributed by atoms with E-state index in [-0.39, 0.29) is 6.04 Å². The second-order valence-corrected chi connectivity index (χ2v) is 4.95. The van der Waals surface area contributed by atoms with Gasteiger partial charge in [0.05, 0.1) is 12.1 Å². The smallest absolute Gasteiger partial charge is 0.0955 e. The van der Waals surface area contributed by atoms with Crippen molar-refractivity contribution in [2.75, 3.05) is 12.0 Å². The fraction of sp³-hybridized carbons (Fsp3) is 0.909. The van der Waals surface area contributed by atoms with Crippen molar-refractivity contribution < 1.29 is 0 Å². The van der Waals surface area contributed by atoms with Crippen molar-refractivity contribution in [2.24, 2.45) is 0 Å². The van der Waals surface area contributed by atoms with E-state index in [9.17, 15) is 0 Å². The van der Waals surface area contributed by atoms with Crippen LogP contribution in [0.5, 0.6) is 0 Å². The lowest BCUT2D eigenvalue weighted by Gasteiger charge is -2.16. The normalized spacial score (nSPS) is 19.4. The zero-order valence-corrected chi connectivity index (χ0v) is 9.78. The van der Waals surface area contributed by atoms with Gasteiger partial charge >= 0.3 is 0 Å². The van der Waals surface area contributed by atoms with Gasteiger partial charge in [0.25, 0.3) is 0 Å². The third-order valence-electron chi connectivity index (χ3n) is 2.79. The first-order chi connectivity index (χ1) is 6.86. The minimum Gasteiger partial charge on any atom is -0.299 e. The summed E-state index contributed by atoms with van der Waals surface area (Å²) in [6, 6.07) is 3.08. The van der Waals surface area contributed by atoms with Gasteiger partial charge in [-0.15, -0.1) is 0 Å². The number of nitrogens with one attached hydrogen (secondary N) is 1. The maximum absolute atomic E-state index is 8.97. The Hall–Kier alpha value is -0.200. The molecule has 0 amide bonds. The van der Waals surface area contributed by atoms with Crippen LogP contribution in [-0.4, -0.2) is 24.1 Å². The van der Waals surface area contributed by atoms with E-state index in [4.69, 9.17) is 5.26 Å². The summed E-state index contributed by atoms with van der Waals surface area (Å²) < 4.78 is 0. The molecule has 3 heteroatoms. The lowest BCUT2D eigenvalue weighted by atomic mass is 10.1. The number of rotatable bonds is 6. The Morgan fingerprint density at radius 2 is 2.21 bits per heavy atom. The number of hydrogen-bond donors (Lipinski definition) is 1. The predicted octanol–water partition coefficient (Wildman–Crippen LogP) is 2.55. The van der Waals surface area contributed by atoms with E-state index < -0.39 is 0 Å². The van der Waals surface area contributed by atoms with Crippen LogP contribution < -0.4 is 5.32 Å². The number of thioether (sulfide) groups is 1. The fourth-order valence-corrected chi connectivity index (χ4v) is 2.45. The molecule has 0 saturated heterocycles. The van der Waals surface area contributed by atoms with E-state index in [1.165, 1.54) is 31.4 Å². The molecule has 1 aliphatic rings.